The Balaban J connectivity index is 1.63. The topological polar surface area (TPSA) is 105 Å². The molecule has 2 N–H and O–H groups in total. The van der Waals surface area contributed by atoms with Crippen LogP contribution in [0.3, 0.4) is 0 Å². The molecule has 0 unspecified atom stereocenters. The van der Waals surface area contributed by atoms with Crippen molar-refractivity contribution in [3.63, 3.8) is 0 Å². The van der Waals surface area contributed by atoms with E-state index in [9.17, 15) is 18.0 Å². The van der Waals surface area contributed by atoms with Crippen molar-refractivity contribution in [1.29, 1.82) is 0 Å². The van der Waals surface area contributed by atoms with Crippen LogP contribution in [-0.2, 0) is 19.6 Å². The monoisotopic (exact) mass is 429 g/mol. The van der Waals surface area contributed by atoms with Crippen LogP contribution in [0.5, 0.6) is 5.75 Å². The van der Waals surface area contributed by atoms with Gasteiger partial charge < -0.3 is 15.4 Å². The normalized spacial score (nSPS) is 21.5. The van der Waals surface area contributed by atoms with Gasteiger partial charge in [-0.1, -0.05) is 18.2 Å². The number of hydrogen-bond acceptors (Lipinski definition) is 5. The minimum Gasteiger partial charge on any atom is -0.479 e. The summed E-state index contributed by atoms with van der Waals surface area (Å²) in [6.45, 7) is 3.52. The number of amides is 2. The smallest absolute Gasteiger partial charge is 0.265 e. The third kappa shape index (κ3) is 3.66. The number of ether oxygens (including phenoxy) is 1. The first-order valence-electron chi connectivity index (χ1n) is 9.77. The van der Waals surface area contributed by atoms with Gasteiger partial charge >= 0.3 is 0 Å². The molecule has 2 aliphatic heterocycles. The van der Waals surface area contributed by atoms with Crippen molar-refractivity contribution in [2.45, 2.75) is 43.7 Å². The van der Waals surface area contributed by atoms with E-state index >= 15 is 0 Å². The van der Waals surface area contributed by atoms with Crippen LogP contribution < -0.4 is 15.4 Å². The number of benzene rings is 2. The fourth-order valence-electron chi connectivity index (χ4n) is 3.78. The molecule has 2 aliphatic rings. The first kappa shape index (κ1) is 20.4. The summed E-state index contributed by atoms with van der Waals surface area (Å²) in [4.78, 5) is 24.7. The van der Waals surface area contributed by atoms with E-state index < -0.39 is 22.2 Å². The second-order valence-electron chi connectivity index (χ2n) is 7.49. The second kappa shape index (κ2) is 7.73. The number of aryl methyl sites for hydroxylation is 1. The standard InChI is InChI=1S/C21H23N3O5S/c1-13-11-16-18(29-14(2)20(25)23-16)12-19(13)30(27,28)24-10-6-9-17(24)21(26)22-15-7-4-3-5-8-15/h3-5,7-8,11-12,14,17H,6,9-10H2,1-2H3,(H,22,26)(H,23,25)/t14-,17+/m0/s1. The number of hydrogen-bond donors (Lipinski definition) is 2. The zero-order valence-electron chi connectivity index (χ0n) is 16.7. The number of fused-ring (bicyclic) bond motifs is 1. The summed E-state index contributed by atoms with van der Waals surface area (Å²) in [5, 5.41) is 5.51. The van der Waals surface area contributed by atoms with Gasteiger partial charge in [-0.15, -0.1) is 0 Å². The van der Waals surface area contributed by atoms with Gasteiger partial charge in [0, 0.05) is 18.3 Å². The zero-order valence-corrected chi connectivity index (χ0v) is 17.5. The van der Waals surface area contributed by atoms with Gasteiger partial charge in [-0.2, -0.15) is 4.31 Å². The van der Waals surface area contributed by atoms with Crippen LogP contribution in [0.15, 0.2) is 47.4 Å². The molecule has 9 heteroatoms. The van der Waals surface area contributed by atoms with E-state index in [0.29, 0.717) is 35.5 Å². The van der Waals surface area contributed by atoms with Crippen LogP contribution in [0.4, 0.5) is 11.4 Å². The minimum atomic E-state index is -3.94. The van der Waals surface area contributed by atoms with Crippen molar-refractivity contribution in [2.75, 3.05) is 17.2 Å². The minimum absolute atomic E-state index is 0.0732. The summed E-state index contributed by atoms with van der Waals surface area (Å²) in [5.74, 6) is -0.333. The predicted octanol–water partition coefficient (Wildman–Crippen LogP) is 2.51. The van der Waals surface area contributed by atoms with E-state index in [2.05, 4.69) is 10.6 Å². The highest BCUT2D eigenvalue weighted by Crippen LogP contribution is 2.37. The molecular weight excluding hydrogens is 406 g/mol. The number of anilines is 2. The number of sulfonamides is 1. The lowest BCUT2D eigenvalue weighted by atomic mass is 10.1. The lowest BCUT2D eigenvalue weighted by Crippen LogP contribution is -2.43. The van der Waals surface area contributed by atoms with E-state index in [1.807, 2.05) is 6.07 Å². The first-order valence-corrected chi connectivity index (χ1v) is 11.2. The van der Waals surface area contributed by atoms with Crippen molar-refractivity contribution in [3.05, 3.63) is 48.0 Å². The van der Waals surface area contributed by atoms with Gasteiger partial charge in [0.05, 0.1) is 10.6 Å². The fraction of sp³-hybridized carbons (Fsp3) is 0.333. The molecule has 8 nitrogen and oxygen atoms in total. The summed E-state index contributed by atoms with van der Waals surface area (Å²) in [5.41, 5.74) is 1.53. The number of carbonyl (C=O) groups excluding carboxylic acids is 2. The summed E-state index contributed by atoms with van der Waals surface area (Å²) >= 11 is 0. The quantitative estimate of drug-likeness (QED) is 0.777. The largest absolute Gasteiger partial charge is 0.479 e. The van der Waals surface area contributed by atoms with Gasteiger partial charge in [-0.3, -0.25) is 9.59 Å². The molecule has 0 aliphatic carbocycles. The van der Waals surface area contributed by atoms with Gasteiger partial charge in [0.1, 0.15) is 11.8 Å². The summed E-state index contributed by atoms with van der Waals surface area (Å²) in [6, 6.07) is 11.2. The maximum absolute atomic E-state index is 13.5. The van der Waals surface area contributed by atoms with E-state index in [0.717, 1.165) is 0 Å². The first-order chi connectivity index (χ1) is 14.3. The van der Waals surface area contributed by atoms with Crippen LogP contribution in [-0.4, -0.2) is 43.2 Å². The van der Waals surface area contributed by atoms with Crippen molar-refractivity contribution in [2.24, 2.45) is 0 Å². The Morgan fingerprint density at radius 3 is 2.70 bits per heavy atom. The highest BCUT2D eigenvalue weighted by Gasteiger charge is 2.40. The Labute approximate surface area is 175 Å². The van der Waals surface area contributed by atoms with Crippen molar-refractivity contribution >= 4 is 33.2 Å². The molecule has 1 fully saturated rings. The Bertz CT molecular complexity index is 1100. The van der Waals surface area contributed by atoms with Crippen LogP contribution in [0.1, 0.15) is 25.3 Å². The average Bonchev–Trinajstić information content (AvgIpc) is 3.20. The summed E-state index contributed by atoms with van der Waals surface area (Å²) < 4.78 is 33.7. The van der Waals surface area contributed by atoms with E-state index in [1.54, 1.807) is 44.2 Å². The molecule has 2 aromatic rings. The molecule has 4 rings (SSSR count). The number of nitrogens with zero attached hydrogens (tertiary/aromatic N) is 1. The van der Waals surface area contributed by atoms with Crippen molar-refractivity contribution < 1.29 is 22.7 Å². The lowest BCUT2D eigenvalue weighted by Gasteiger charge is -2.27. The molecule has 2 heterocycles. The molecule has 2 aromatic carbocycles. The average molecular weight is 429 g/mol. The Morgan fingerprint density at radius 1 is 1.23 bits per heavy atom. The van der Waals surface area contributed by atoms with Gasteiger partial charge in [-0.25, -0.2) is 8.42 Å². The number of rotatable bonds is 4. The highest BCUT2D eigenvalue weighted by atomic mass is 32.2. The Hall–Kier alpha value is -2.91. The van der Waals surface area contributed by atoms with Gasteiger partial charge in [0.25, 0.3) is 5.91 Å². The third-order valence-corrected chi connectivity index (χ3v) is 7.39. The molecule has 0 spiro atoms. The van der Waals surface area contributed by atoms with Crippen LogP contribution >= 0.6 is 0 Å². The Kier molecular flexibility index (Phi) is 5.25. The fourth-order valence-corrected chi connectivity index (χ4v) is 5.66. The maximum atomic E-state index is 13.5. The number of carbonyl (C=O) groups is 2. The maximum Gasteiger partial charge on any atom is 0.265 e. The van der Waals surface area contributed by atoms with Crippen molar-refractivity contribution in [3.8, 4) is 5.75 Å². The number of para-hydroxylation sites is 1. The second-order valence-corrected chi connectivity index (χ2v) is 9.35. The molecule has 158 valence electrons. The zero-order chi connectivity index (χ0) is 21.5. The van der Waals surface area contributed by atoms with Crippen LogP contribution in [0, 0.1) is 6.92 Å². The van der Waals surface area contributed by atoms with E-state index in [4.69, 9.17) is 4.74 Å². The molecule has 0 bridgehead atoms. The summed E-state index contributed by atoms with van der Waals surface area (Å²) in [7, 11) is -3.94. The molecule has 0 radical (unpaired) electrons. The van der Waals surface area contributed by atoms with Gasteiger partial charge in [-0.05, 0) is 50.5 Å². The molecular formula is C21H23N3O5S. The molecule has 0 saturated carbocycles. The predicted molar refractivity (Wildman–Crippen MR) is 112 cm³/mol. The molecule has 1 saturated heterocycles. The lowest BCUT2D eigenvalue weighted by molar-refractivity contribution is -0.122. The van der Waals surface area contributed by atoms with E-state index in [1.165, 1.54) is 10.4 Å². The van der Waals surface area contributed by atoms with E-state index in [-0.39, 0.29) is 23.3 Å². The summed E-state index contributed by atoms with van der Waals surface area (Å²) in [6.07, 6.45) is 0.331. The molecule has 2 amide bonds. The molecule has 2 atom stereocenters. The highest BCUT2D eigenvalue weighted by molar-refractivity contribution is 7.89. The Morgan fingerprint density at radius 2 is 1.97 bits per heavy atom. The van der Waals surface area contributed by atoms with Crippen LogP contribution in [0.2, 0.25) is 0 Å². The van der Waals surface area contributed by atoms with Gasteiger partial charge in [0.15, 0.2) is 6.10 Å². The number of nitrogens with one attached hydrogen (secondary N) is 2. The third-order valence-electron chi connectivity index (χ3n) is 5.34. The SMILES string of the molecule is Cc1cc2c(cc1S(=O)(=O)N1CCC[C@@H]1C(=O)Nc1ccccc1)O[C@@H](C)C(=O)N2. The molecule has 0 aromatic heterocycles. The van der Waals surface area contributed by atoms with Gasteiger partial charge in [0.2, 0.25) is 15.9 Å². The van der Waals surface area contributed by atoms with Crippen LogP contribution in [0.25, 0.3) is 0 Å². The molecule has 30 heavy (non-hydrogen) atoms. The van der Waals surface area contributed by atoms with Crippen molar-refractivity contribution in [1.82, 2.24) is 4.31 Å².